The average molecular weight is 486 g/mol. The van der Waals surface area contributed by atoms with Crippen LogP contribution in [0.5, 0.6) is 5.75 Å². The van der Waals surface area contributed by atoms with Crippen LogP contribution < -0.4 is 15.0 Å². The van der Waals surface area contributed by atoms with Crippen molar-refractivity contribution in [2.24, 2.45) is 0 Å². The zero-order valence-corrected chi connectivity index (χ0v) is 17.9. The van der Waals surface area contributed by atoms with Crippen LogP contribution in [0.2, 0.25) is 15.1 Å². The Morgan fingerprint density at radius 3 is 2.30 bits per heavy atom. The first-order valence-corrected chi connectivity index (χ1v) is 9.72. The summed E-state index contributed by atoms with van der Waals surface area (Å²) in [5.74, 6) is -2.56. The number of anilines is 1. The summed E-state index contributed by atoms with van der Waals surface area (Å²) < 4.78 is 5.05. The van der Waals surface area contributed by atoms with Crippen molar-refractivity contribution in [2.75, 3.05) is 11.5 Å². The van der Waals surface area contributed by atoms with Gasteiger partial charge in [-0.05, 0) is 60.3 Å². The fourth-order valence-electron chi connectivity index (χ4n) is 2.58. The Morgan fingerprint density at radius 2 is 1.73 bits per heavy atom. The quantitative estimate of drug-likeness (QED) is 0.378. The highest BCUT2D eigenvalue weighted by Gasteiger charge is 2.34. The van der Waals surface area contributed by atoms with E-state index in [1.807, 2.05) is 0 Å². The standard InChI is InChI=1S/C19H11Cl3N2O5S/c20-10-1-3-11(4-2-10)24-18(28)12(17(27)23-19(24)30)5-9-6-13(21)16(14(22)7-9)29-8-15(25)26/h1-7H,8H2,(H,25,26)(H,23,27,30)/b12-5+. The summed E-state index contributed by atoms with van der Waals surface area (Å²) in [6.45, 7) is -0.631. The Labute approximate surface area is 190 Å². The van der Waals surface area contributed by atoms with Gasteiger partial charge in [0.2, 0.25) is 0 Å². The predicted molar refractivity (Wildman–Crippen MR) is 117 cm³/mol. The van der Waals surface area contributed by atoms with Gasteiger partial charge in [-0.25, -0.2) is 4.79 Å². The van der Waals surface area contributed by atoms with Gasteiger partial charge < -0.3 is 9.84 Å². The lowest BCUT2D eigenvalue weighted by Crippen LogP contribution is -2.54. The minimum atomic E-state index is -1.20. The van der Waals surface area contributed by atoms with Gasteiger partial charge in [0, 0.05) is 5.02 Å². The second-order valence-electron chi connectivity index (χ2n) is 5.93. The van der Waals surface area contributed by atoms with Crippen molar-refractivity contribution in [3.05, 3.63) is 62.6 Å². The molecule has 0 aliphatic carbocycles. The zero-order valence-electron chi connectivity index (χ0n) is 14.8. The Bertz CT molecular complexity index is 1080. The van der Waals surface area contributed by atoms with E-state index < -0.39 is 24.4 Å². The van der Waals surface area contributed by atoms with Crippen molar-refractivity contribution < 1.29 is 24.2 Å². The van der Waals surface area contributed by atoms with Crippen LogP contribution in [0.25, 0.3) is 6.08 Å². The highest BCUT2D eigenvalue weighted by atomic mass is 35.5. The molecule has 2 amide bonds. The third-order valence-corrected chi connectivity index (χ3v) is 4.96. The van der Waals surface area contributed by atoms with Gasteiger partial charge in [-0.15, -0.1) is 0 Å². The molecule has 1 aliphatic rings. The average Bonchev–Trinajstić information content (AvgIpc) is 2.65. The summed E-state index contributed by atoms with van der Waals surface area (Å²) in [6, 6.07) is 9.12. The van der Waals surface area contributed by atoms with E-state index >= 15 is 0 Å². The van der Waals surface area contributed by atoms with Gasteiger partial charge in [0.15, 0.2) is 17.5 Å². The first-order valence-electron chi connectivity index (χ1n) is 8.18. The van der Waals surface area contributed by atoms with E-state index in [9.17, 15) is 14.4 Å². The second-order valence-corrected chi connectivity index (χ2v) is 7.57. The van der Waals surface area contributed by atoms with Crippen LogP contribution in [0, 0.1) is 0 Å². The number of rotatable bonds is 5. The number of hydrogen-bond acceptors (Lipinski definition) is 5. The molecule has 0 spiro atoms. The molecule has 0 saturated carbocycles. The second kappa shape index (κ2) is 9.01. The topological polar surface area (TPSA) is 95.9 Å². The first-order chi connectivity index (χ1) is 14.2. The van der Waals surface area contributed by atoms with E-state index in [2.05, 4.69) is 5.32 Å². The number of nitrogens with one attached hydrogen (secondary N) is 1. The van der Waals surface area contributed by atoms with Crippen LogP contribution in [0.3, 0.4) is 0 Å². The van der Waals surface area contributed by atoms with Crippen molar-refractivity contribution in [1.82, 2.24) is 5.32 Å². The molecule has 1 aliphatic heterocycles. The number of carbonyl (C=O) groups is 3. The lowest BCUT2D eigenvalue weighted by Gasteiger charge is -2.29. The minimum Gasteiger partial charge on any atom is -0.479 e. The molecule has 0 radical (unpaired) electrons. The van der Waals surface area contributed by atoms with Crippen LogP contribution in [0.1, 0.15) is 5.56 Å². The molecular weight excluding hydrogens is 475 g/mol. The number of carboxylic acid groups (broad SMARTS) is 1. The third-order valence-electron chi connectivity index (χ3n) is 3.86. The number of thiocarbonyl (C=S) groups is 1. The number of ether oxygens (including phenoxy) is 1. The smallest absolute Gasteiger partial charge is 0.341 e. The Hall–Kier alpha value is -2.65. The minimum absolute atomic E-state index is 0.0179. The van der Waals surface area contributed by atoms with Gasteiger partial charge in [0.05, 0.1) is 15.7 Å². The third kappa shape index (κ3) is 4.73. The SMILES string of the molecule is O=C(O)COc1c(Cl)cc(/C=C2\C(=O)NC(=S)N(c3ccc(Cl)cc3)C2=O)cc1Cl. The zero-order chi connectivity index (χ0) is 22.0. The molecule has 11 heteroatoms. The maximum atomic E-state index is 13.0. The lowest BCUT2D eigenvalue weighted by atomic mass is 10.1. The van der Waals surface area contributed by atoms with E-state index in [4.69, 9.17) is 56.9 Å². The van der Waals surface area contributed by atoms with Crippen LogP contribution in [0.4, 0.5) is 5.69 Å². The summed E-state index contributed by atoms with van der Waals surface area (Å²) in [5, 5.41) is 11.6. The van der Waals surface area contributed by atoms with Crippen molar-refractivity contribution in [3.63, 3.8) is 0 Å². The molecule has 154 valence electrons. The van der Waals surface area contributed by atoms with Gasteiger partial charge >= 0.3 is 5.97 Å². The number of hydrogen-bond donors (Lipinski definition) is 2. The highest BCUT2D eigenvalue weighted by Crippen LogP contribution is 2.35. The van der Waals surface area contributed by atoms with Crippen LogP contribution in [-0.2, 0) is 14.4 Å². The molecule has 0 bridgehead atoms. The molecule has 0 atom stereocenters. The molecule has 2 aromatic carbocycles. The molecule has 7 nitrogen and oxygen atoms in total. The highest BCUT2D eigenvalue weighted by molar-refractivity contribution is 7.80. The number of nitrogens with zero attached hydrogens (tertiary/aromatic N) is 1. The van der Waals surface area contributed by atoms with Gasteiger partial charge in [-0.3, -0.25) is 19.8 Å². The molecular formula is C19H11Cl3N2O5S. The molecule has 1 fully saturated rings. The normalized spacial score (nSPS) is 15.4. The van der Waals surface area contributed by atoms with E-state index in [1.54, 1.807) is 24.3 Å². The van der Waals surface area contributed by atoms with Crippen molar-refractivity contribution >= 4 is 81.7 Å². The Balaban J connectivity index is 1.96. The van der Waals surface area contributed by atoms with Crippen LogP contribution >= 0.6 is 47.0 Å². The monoisotopic (exact) mass is 484 g/mol. The number of halogens is 3. The van der Waals surface area contributed by atoms with Gasteiger partial charge in [-0.2, -0.15) is 0 Å². The van der Waals surface area contributed by atoms with Crippen molar-refractivity contribution in [1.29, 1.82) is 0 Å². The van der Waals surface area contributed by atoms with E-state index in [0.717, 1.165) is 4.90 Å². The summed E-state index contributed by atoms with van der Waals surface area (Å²) >= 11 is 23.2. The molecule has 0 unspecified atom stereocenters. The molecule has 2 N–H and O–H groups in total. The number of carboxylic acids is 1. The Kier molecular flexibility index (Phi) is 6.62. The van der Waals surface area contributed by atoms with E-state index in [0.29, 0.717) is 16.3 Å². The summed E-state index contributed by atoms with van der Waals surface area (Å²) in [5.41, 5.74) is 0.550. The largest absolute Gasteiger partial charge is 0.479 e. The van der Waals surface area contributed by atoms with E-state index in [-0.39, 0.29) is 26.5 Å². The lowest BCUT2D eigenvalue weighted by molar-refractivity contribution is -0.139. The summed E-state index contributed by atoms with van der Waals surface area (Å²) in [6.07, 6.45) is 1.29. The number of aliphatic carboxylic acids is 1. The summed E-state index contributed by atoms with van der Waals surface area (Å²) in [7, 11) is 0. The number of amides is 2. The molecule has 2 aromatic rings. The predicted octanol–water partition coefficient (Wildman–Crippen LogP) is 3.94. The summed E-state index contributed by atoms with van der Waals surface area (Å²) in [4.78, 5) is 37.2. The van der Waals surface area contributed by atoms with Crippen molar-refractivity contribution in [3.8, 4) is 5.75 Å². The van der Waals surface area contributed by atoms with Crippen molar-refractivity contribution in [2.45, 2.75) is 0 Å². The van der Waals surface area contributed by atoms with Gasteiger partial charge in [0.25, 0.3) is 11.8 Å². The molecule has 30 heavy (non-hydrogen) atoms. The number of benzene rings is 2. The molecule has 3 rings (SSSR count). The van der Waals surface area contributed by atoms with Gasteiger partial charge in [0.1, 0.15) is 5.57 Å². The maximum Gasteiger partial charge on any atom is 0.341 e. The molecule has 0 aromatic heterocycles. The van der Waals surface area contributed by atoms with Crippen LogP contribution in [0.15, 0.2) is 42.0 Å². The fraction of sp³-hybridized carbons (Fsp3) is 0.0526. The first kappa shape index (κ1) is 22.0. The maximum absolute atomic E-state index is 13.0. The Morgan fingerprint density at radius 1 is 1.13 bits per heavy atom. The van der Waals surface area contributed by atoms with E-state index in [1.165, 1.54) is 18.2 Å². The molecule has 1 saturated heterocycles. The van der Waals surface area contributed by atoms with Gasteiger partial charge in [-0.1, -0.05) is 34.8 Å². The fourth-order valence-corrected chi connectivity index (χ4v) is 3.60. The van der Waals surface area contributed by atoms with Crippen LogP contribution in [-0.4, -0.2) is 34.6 Å². The molecule has 1 heterocycles. The number of carbonyl (C=O) groups excluding carboxylic acids is 2.